The molecule has 0 saturated carbocycles. The van der Waals surface area contributed by atoms with Crippen molar-refractivity contribution in [3.8, 4) is 0 Å². The summed E-state index contributed by atoms with van der Waals surface area (Å²) >= 11 is 0.576. The van der Waals surface area contributed by atoms with E-state index in [2.05, 4.69) is 25.9 Å². The van der Waals surface area contributed by atoms with Crippen molar-refractivity contribution in [1.29, 1.82) is 0 Å². The molecule has 1 nitrogen and oxygen atoms in total. The van der Waals surface area contributed by atoms with Gasteiger partial charge in [0.15, 0.2) is 0 Å². The monoisotopic (exact) mass is 212 g/mol. The second-order valence-corrected chi connectivity index (χ2v) is 6.15. The molecule has 1 saturated heterocycles. The second kappa shape index (κ2) is 1.58. The van der Waals surface area contributed by atoms with Gasteiger partial charge in [-0.25, -0.2) is 0 Å². The maximum atomic E-state index is 2.35. The van der Waals surface area contributed by atoms with Crippen molar-refractivity contribution in [2.24, 2.45) is 0 Å². The zero-order valence-electron chi connectivity index (χ0n) is 5.03. The third kappa shape index (κ3) is 1.08. The molecule has 0 aromatic heterocycles. The molecule has 0 aromatic carbocycles. The molecule has 1 aliphatic heterocycles. The molecular weight excluding hydrogens is 201 g/mol. The zero-order chi connectivity index (χ0) is 5.49. The van der Waals surface area contributed by atoms with Gasteiger partial charge >= 0.3 is 55.1 Å². The number of halogens is 1. The Morgan fingerprint density at radius 1 is 1.57 bits per heavy atom. The van der Waals surface area contributed by atoms with E-state index >= 15 is 0 Å². The van der Waals surface area contributed by atoms with Crippen LogP contribution < -0.4 is 21.2 Å². The van der Waals surface area contributed by atoms with Crippen LogP contribution in [-0.2, 0) is 0 Å². The van der Waals surface area contributed by atoms with Crippen LogP contribution in [0.25, 0.3) is 0 Å². The van der Waals surface area contributed by atoms with E-state index in [1.165, 1.54) is 4.43 Å². The molecule has 0 bridgehead atoms. The van der Waals surface area contributed by atoms with Crippen molar-refractivity contribution in [3.63, 3.8) is 0 Å². The van der Waals surface area contributed by atoms with Crippen molar-refractivity contribution in [2.75, 3.05) is 18.5 Å². The first-order valence-corrected chi connectivity index (χ1v) is 5.03. The fourth-order valence-corrected chi connectivity index (χ4v) is 2.25. The van der Waals surface area contributed by atoms with Crippen LogP contribution in [0.15, 0.2) is 0 Å². The Morgan fingerprint density at radius 3 is 2.00 bits per heavy atom. The summed E-state index contributed by atoms with van der Waals surface area (Å²) in [5.41, 5.74) is 0. The summed E-state index contributed by atoms with van der Waals surface area (Å²) in [4.78, 5) is 2.35. The van der Waals surface area contributed by atoms with Crippen molar-refractivity contribution in [1.82, 2.24) is 4.90 Å². The molecule has 2 heteroatoms. The Morgan fingerprint density at radius 2 is 2.00 bits per heavy atom. The van der Waals surface area contributed by atoms with Gasteiger partial charge in [0.2, 0.25) is 0 Å². The summed E-state index contributed by atoms with van der Waals surface area (Å²) in [6, 6.07) is 0. The molecular formula is C5H11IN-. The van der Waals surface area contributed by atoms with Crippen LogP contribution in [0.5, 0.6) is 0 Å². The minimum atomic E-state index is 0.576. The van der Waals surface area contributed by atoms with E-state index in [4.69, 9.17) is 0 Å². The molecule has 1 atom stereocenters. The Bertz CT molecular complexity index is 76.1. The van der Waals surface area contributed by atoms with E-state index in [0.29, 0.717) is 24.8 Å². The molecule has 1 rings (SSSR count). The summed E-state index contributed by atoms with van der Waals surface area (Å²) in [6.07, 6.45) is 0. The summed E-state index contributed by atoms with van der Waals surface area (Å²) in [5, 5.41) is 0. The normalized spacial score (nSPS) is 40.6. The van der Waals surface area contributed by atoms with Crippen molar-refractivity contribution >= 4 is 0 Å². The van der Waals surface area contributed by atoms with Gasteiger partial charge in [0.25, 0.3) is 0 Å². The first-order chi connectivity index (χ1) is 3.15. The summed E-state index contributed by atoms with van der Waals surface area (Å²) < 4.78 is 2.19. The van der Waals surface area contributed by atoms with Gasteiger partial charge in [0.1, 0.15) is 0 Å². The summed E-state index contributed by atoms with van der Waals surface area (Å²) in [6.45, 7) is 2.35. The van der Waals surface area contributed by atoms with Crippen molar-refractivity contribution < 1.29 is 21.2 Å². The van der Waals surface area contributed by atoms with Crippen LogP contribution in [0.2, 0.25) is 0 Å². The molecule has 0 spiro atoms. The molecule has 0 amide bonds. The second-order valence-electron chi connectivity index (χ2n) is 2.30. The van der Waals surface area contributed by atoms with Gasteiger partial charge in [0.05, 0.1) is 0 Å². The SMILES string of the molecule is CN(C)C1(C)C[I-]1. The standard InChI is InChI=1S/C5H11IN/c1-5(4-6-5)7(2)3/h4H2,1-3H3/q-1. The fourth-order valence-electron chi connectivity index (χ4n) is 0.336. The topological polar surface area (TPSA) is 3.24 Å². The third-order valence-electron chi connectivity index (χ3n) is 1.45. The van der Waals surface area contributed by atoms with E-state index in [1.807, 2.05) is 0 Å². The van der Waals surface area contributed by atoms with Gasteiger partial charge in [-0.15, -0.1) is 0 Å². The first kappa shape index (κ1) is 5.82. The molecule has 7 heavy (non-hydrogen) atoms. The predicted octanol–water partition coefficient (Wildman–Crippen LogP) is -2.63. The van der Waals surface area contributed by atoms with Crippen molar-refractivity contribution in [3.05, 3.63) is 0 Å². The van der Waals surface area contributed by atoms with E-state index in [0.717, 1.165) is 0 Å². The van der Waals surface area contributed by atoms with Gasteiger partial charge in [-0.2, -0.15) is 0 Å². The summed E-state index contributed by atoms with van der Waals surface area (Å²) in [7, 11) is 4.35. The average molecular weight is 212 g/mol. The Hall–Kier alpha value is 0.690. The number of nitrogens with zero attached hydrogens (tertiary/aromatic N) is 1. The van der Waals surface area contributed by atoms with E-state index in [9.17, 15) is 0 Å². The Balaban J connectivity index is 2.39. The molecule has 1 aliphatic rings. The van der Waals surface area contributed by atoms with E-state index in [1.54, 1.807) is 0 Å². The quantitative estimate of drug-likeness (QED) is 0.261. The zero-order valence-corrected chi connectivity index (χ0v) is 7.19. The van der Waals surface area contributed by atoms with Crippen LogP contribution in [0.1, 0.15) is 6.92 Å². The van der Waals surface area contributed by atoms with Crippen LogP contribution in [-0.4, -0.2) is 27.0 Å². The van der Waals surface area contributed by atoms with E-state index in [-0.39, 0.29) is 0 Å². The average Bonchev–Trinajstić information content (AvgIpc) is 2.21. The van der Waals surface area contributed by atoms with Crippen LogP contribution in [0.3, 0.4) is 0 Å². The van der Waals surface area contributed by atoms with Crippen LogP contribution in [0.4, 0.5) is 0 Å². The van der Waals surface area contributed by atoms with Gasteiger partial charge < -0.3 is 0 Å². The number of hydrogen-bond acceptors (Lipinski definition) is 1. The molecule has 0 aliphatic carbocycles. The molecule has 0 aromatic rings. The molecule has 1 unspecified atom stereocenters. The van der Waals surface area contributed by atoms with Crippen molar-refractivity contribution in [2.45, 2.75) is 10.5 Å². The van der Waals surface area contributed by atoms with E-state index < -0.39 is 0 Å². The molecule has 1 heterocycles. The maximum absolute atomic E-state index is 2.35. The Kier molecular flexibility index (Phi) is 1.32. The summed E-state index contributed by atoms with van der Waals surface area (Å²) in [5.74, 6) is 0. The van der Waals surface area contributed by atoms with Gasteiger partial charge in [0, 0.05) is 0 Å². The van der Waals surface area contributed by atoms with Gasteiger partial charge in [-0.3, -0.25) is 0 Å². The van der Waals surface area contributed by atoms with Crippen LogP contribution >= 0.6 is 0 Å². The predicted molar refractivity (Wildman–Crippen MR) is 27.0 cm³/mol. The molecule has 44 valence electrons. The molecule has 1 fully saturated rings. The number of hydrogen-bond donors (Lipinski definition) is 0. The van der Waals surface area contributed by atoms with Gasteiger partial charge in [-0.05, 0) is 0 Å². The molecule has 0 N–H and O–H groups in total. The number of rotatable bonds is 1. The first-order valence-electron chi connectivity index (χ1n) is 2.43. The van der Waals surface area contributed by atoms with Crippen LogP contribution in [0, 0.1) is 0 Å². The molecule has 0 radical (unpaired) electrons. The van der Waals surface area contributed by atoms with Gasteiger partial charge in [-0.1, -0.05) is 0 Å². The fraction of sp³-hybridized carbons (Fsp3) is 1.00. The minimum absolute atomic E-state index is 0.576. The Labute approximate surface area is 55.3 Å². The number of alkyl halides is 2. The third-order valence-corrected chi connectivity index (χ3v) is 5.39.